The number of aliphatic imine (C=N–C) groups is 1. The van der Waals surface area contributed by atoms with E-state index in [1.807, 2.05) is 54.7 Å². The molecule has 10 heteroatoms. The summed E-state index contributed by atoms with van der Waals surface area (Å²) >= 11 is 0. The van der Waals surface area contributed by atoms with Crippen molar-refractivity contribution >= 4 is 28.2 Å². The second-order valence-corrected chi connectivity index (χ2v) is 7.36. The van der Waals surface area contributed by atoms with E-state index in [9.17, 15) is 15.8 Å². The molecule has 34 heavy (non-hydrogen) atoms. The van der Waals surface area contributed by atoms with Crippen LogP contribution in [0.3, 0.4) is 0 Å². The van der Waals surface area contributed by atoms with Gasteiger partial charge in [-0.05, 0) is 42.0 Å². The maximum atomic E-state index is 9.70. The predicted molar refractivity (Wildman–Crippen MR) is 120 cm³/mol. The molecular formula is C24H10N10. The van der Waals surface area contributed by atoms with Gasteiger partial charge in [-0.2, -0.15) is 20.8 Å². The summed E-state index contributed by atoms with van der Waals surface area (Å²) in [5.74, 6) is 0.737. The average molecular weight is 438 g/mol. The molecule has 0 saturated heterocycles. The van der Waals surface area contributed by atoms with Crippen LogP contribution in [0.4, 0.5) is 0 Å². The van der Waals surface area contributed by atoms with Crippen molar-refractivity contribution in [1.29, 1.82) is 15.8 Å². The number of allylic oxidation sites excluding steroid dienone is 8. The maximum Gasteiger partial charge on any atom is 0.206 e. The first-order valence-electron chi connectivity index (χ1n) is 10.1. The number of aromatic nitrogens is 6. The van der Waals surface area contributed by atoms with E-state index >= 15 is 0 Å². The van der Waals surface area contributed by atoms with Gasteiger partial charge < -0.3 is 0 Å². The third-order valence-electron chi connectivity index (χ3n) is 5.52. The summed E-state index contributed by atoms with van der Waals surface area (Å²) in [5, 5.41) is 37.8. The number of hydrogen-bond donors (Lipinski definition) is 0. The highest BCUT2D eigenvalue weighted by atomic mass is 15.3. The summed E-state index contributed by atoms with van der Waals surface area (Å²) in [7, 11) is 0. The van der Waals surface area contributed by atoms with E-state index < -0.39 is 0 Å². The number of nitrogens with zero attached hydrogens (tertiary/aromatic N) is 10. The predicted octanol–water partition coefficient (Wildman–Crippen LogP) is 2.83. The van der Waals surface area contributed by atoms with Crippen LogP contribution in [0, 0.1) is 34.1 Å². The van der Waals surface area contributed by atoms with Crippen molar-refractivity contribution in [3.8, 4) is 18.3 Å². The van der Waals surface area contributed by atoms with Gasteiger partial charge in [0.05, 0.1) is 5.71 Å². The molecule has 0 aliphatic heterocycles. The third-order valence-corrected chi connectivity index (χ3v) is 5.52. The molecule has 10 nitrogen and oxygen atoms in total. The summed E-state index contributed by atoms with van der Waals surface area (Å²) < 4.78 is 3.24. The molecule has 0 N–H and O–H groups in total. The molecule has 0 fully saturated rings. The molecule has 0 atom stereocenters. The van der Waals surface area contributed by atoms with E-state index in [-0.39, 0.29) is 5.57 Å². The quantitative estimate of drug-likeness (QED) is 0.346. The van der Waals surface area contributed by atoms with Crippen LogP contribution in [0.5, 0.6) is 0 Å². The van der Waals surface area contributed by atoms with Gasteiger partial charge in [0.15, 0.2) is 22.9 Å². The van der Waals surface area contributed by atoms with E-state index in [4.69, 9.17) is 0 Å². The van der Waals surface area contributed by atoms with Crippen LogP contribution in [0.15, 0.2) is 88.2 Å². The Balaban J connectivity index is 1.55. The van der Waals surface area contributed by atoms with Crippen LogP contribution in [-0.4, -0.2) is 34.9 Å². The molecule has 0 saturated carbocycles. The lowest BCUT2D eigenvalue weighted by Crippen LogP contribution is -2.02. The topological polar surface area (TPSA) is 144 Å². The zero-order chi connectivity index (χ0) is 23.2. The molecule has 0 bridgehead atoms. The first-order valence-corrected chi connectivity index (χ1v) is 10.1. The van der Waals surface area contributed by atoms with Crippen molar-refractivity contribution in [3.63, 3.8) is 0 Å². The smallest absolute Gasteiger partial charge is 0.206 e. The summed E-state index contributed by atoms with van der Waals surface area (Å²) in [5.41, 5.74) is 4.12. The first kappa shape index (κ1) is 19.1. The van der Waals surface area contributed by atoms with Crippen LogP contribution in [0.1, 0.15) is 11.6 Å². The molecule has 2 aliphatic carbocycles. The van der Waals surface area contributed by atoms with Crippen molar-refractivity contribution in [2.24, 2.45) is 4.99 Å². The molecule has 0 unspecified atom stereocenters. The second-order valence-electron chi connectivity index (χ2n) is 7.36. The van der Waals surface area contributed by atoms with Gasteiger partial charge in [-0.3, -0.25) is 0 Å². The molecule has 4 heterocycles. The van der Waals surface area contributed by atoms with Gasteiger partial charge in [-0.1, -0.05) is 12.1 Å². The minimum absolute atomic E-state index is 0.0909. The highest BCUT2D eigenvalue weighted by Crippen LogP contribution is 2.45. The highest BCUT2D eigenvalue weighted by molar-refractivity contribution is 6.38. The lowest BCUT2D eigenvalue weighted by Gasteiger charge is -2.05. The summed E-state index contributed by atoms with van der Waals surface area (Å²) in [6, 6.07) is 14.9. The molecule has 0 spiro atoms. The molecule has 0 aromatic carbocycles. The number of rotatable bonds is 2. The van der Waals surface area contributed by atoms with E-state index in [1.54, 1.807) is 33.6 Å². The number of nitriles is 3. The Bertz CT molecular complexity index is 1750. The van der Waals surface area contributed by atoms with Gasteiger partial charge in [0.2, 0.25) is 6.19 Å². The van der Waals surface area contributed by atoms with Gasteiger partial charge in [0.25, 0.3) is 0 Å². The van der Waals surface area contributed by atoms with Crippen LogP contribution in [0.25, 0.3) is 22.4 Å². The molecular weight excluding hydrogens is 428 g/mol. The van der Waals surface area contributed by atoms with Gasteiger partial charge >= 0.3 is 0 Å². The summed E-state index contributed by atoms with van der Waals surface area (Å²) in [4.78, 5) is 13.1. The van der Waals surface area contributed by atoms with Crippen LogP contribution < -0.4 is 0 Å². The lowest BCUT2D eigenvalue weighted by molar-refractivity contribution is 0.950. The fourth-order valence-corrected chi connectivity index (χ4v) is 4.09. The molecule has 4 aromatic rings. The molecule has 0 radical (unpaired) electrons. The van der Waals surface area contributed by atoms with E-state index in [2.05, 4.69) is 25.2 Å². The Morgan fingerprint density at radius 3 is 1.91 bits per heavy atom. The fourth-order valence-electron chi connectivity index (χ4n) is 4.09. The Morgan fingerprint density at radius 1 is 0.765 bits per heavy atom. The van der Waals surface area contributed by atoms with Crippen molar-refractivity contribution in [2.75, 3.05) is 0 Å². The van der Waals surface area contributed by atoms with Crippen molar-refractivity contribution < 1.29 is 0 Å². The van der Waals surface area contributed by atoms with Crippen LogP contribution in [0.2, 0.25) is 0 Å². The van der Waals surface area contributed by atoms with E-state index in [0.29, 0.717) is 56.5 Å². The van der Waals surface area contributed by atoms with E-state index in [0.717, 1.165) is 0 Å². The van der Waals surface area contributed by atoms with Gasteiger partial charge in [-0.15, -0.1) is 10.2 Å². The van der Waals surface area contributed by atoms with Crippen LogP contribution in [-0.2, 0) is 0 Å². The van der Waals surface area contributed by atoms with E-state index in [1.165, 1.54) is 0 Å². The number of fused-ring (bicyclic) bond motifs is 2. The number of hydrogen-bond acceptors (Lipinski definition) is 8. The Kier molecular flexibility index (Phi) is 4.03. The van der Waals surface area contributed by atoms with Gasteiger partial charge in [0.1, 0.15) is 17.7 Å². The Labute approximate surface area is 191 Å². The monoisotopic (exact) mass is 438 g/mol. The Hall–Kier alpha value is -5.66. The van der Waals surface area contributed by atoms with Crippen molar-refractivity contribution in [3.05, 3.63) is 94.9 Å². The number of pyridine rings is 2. The molecule has 2 aliphatic rings. The average Bonchev–Trinajstić information content (AvgIpc) is 3.61. The van der Waals surface area contributed by atoms with Gasteiger partial charge in [0, 0.05) is 34.7 Å². The molecule has 0 amide bonds. The normalized spacial score (nSPS) is 15.8. The zero-order valence-corrected chi connectivity index (χ0v) is 17.2. The zero-order valence-electron chi connectivity index (χ0n) is 17.2. The SMILES string of the molecule is N#CN=C1C(c2nc3ccccn3n2)=CC2=C1C=C(c1nc3ccccn3n1)C2=C(C#N)C#N. The fraction of sp³-hybridized carbons (Fsp3) is 0. The van der Waals surface area contributed by atoms with Gasteiger partial charge in [-0.25, -0.2) is 19.0 Å². The maximum absolute atomic E-state index is 9.70. The second kappa shape index (κ2) is 7.20. The minimum Gasteiger partial charge on any atom is -0.221 e. The standard InChI is InChI=1S/C24H10N10/c25-11-14(12-26)21-15-9-18(24-30-20-6-2-4-8-34(20)32-24)22(28-13-27)16(15)10-17(21)23-29-19-5-1-3-7-33(19)31-23/h1-10H. The summed E-state index contributed by atoms with van der Waals surface area (Å²) in [6.45, 7) is 0. The minimum atomic E-state index is -0.0909. The summed E-state index contributed by atoms with van der Waals surface area (Å²) in [6.07, 6.45) is 8.88. The Morgan fingerprint density at radius 2 is 1.35 bits per heavy atom. The molecule has 4 aromatic heterocycles. The lowest BCUT2D eigenvalue weighted by atomic mass is 9.97. The first-order chi connectivity index (χ1) is 16.7. The van der Waals surface area contributed by atoms with Crippen molar-refractivity contribution in [2.45, 2.75) is 0 Å². The largest absolute Gasteiger partial charge is 0.221 e. The van der Waals surface area contributed by atoms with Crippen LogP contribution >= 0.6 is 0 Å². The van der Waals surface area contributed by atoms with Crippen molar-refractivity contribution in [1.82, 2.24) is 29.2 Å². The third kappa shape index (κ3) is 2.69. The molecule has 156 valence electrons. The molecule has 6 rings (SSSR count). The highest BCUT2D eigenvalue weighted by Gasteiger charge is 2.36.